The van der Waals surface area contributed by atoms with Crippen LogP contribution < -0.4 is 0 Å². The number of hydrogen-bond acceptors (Lipinski definition) is 4. The molecule has 1 heterocycles. The van der Waals surface area contributed by atoms with E-state index in [1.807, 2.05) is 38.3 Å². The summed E-state index contributed by atoms with van der Waals surface area (Å²) in [6.45, 7) is 6.32. The average Bonchev–Trinajstić information content (AvgIpc) is 2.96. The van der Waals surface area contributed by atoms with Crippen LogP contribution in [0.1, 0.15) is 69.0 Å². The van der Waals surface area contributed by atoms with E-state index in [2.05, 4.69) is 0 Å². The molecule has 0 radical (unpaired) electrons. The second-order valence-electron chi connectivity index (χ2n) is 5.91. The van der Waals surface area contributed by atoms with Crippen LogP contribution in [0.3, 0.4) is 0 Å². The van der Waals surface area contributed by atoms with Crippen molar-refractivity contribution in [2.75, 3.05) is 6.61 Å². The zero-order valence-corrected chi connectivity index (χ0v) is 14.1. The molecule has 1 aromatic rings. The highest BCUT2D eigenvalue weighted by molar-refractivity contribution is 7.12. The van der Waals surface area contributed by atoms with Crippen molar-refractivity contribution in [3.63, 3.8) is 0 Å². The van der Waals surface area contributed by atoms with Gasteiger partial charge in [0, 0.05) is 11.8 Å². The lowest BCUT2D eigenvalue weighted by atomic mass is 9.82. The number of unbranched alkanes of at least 4 members (excludes halogenated alkanes) is 3. The Kier molecular flexibility index (Phi) is 7.65. The molecule has 0 saturated carbocycles. The Morgan fingerprint density at radius 3 is 2.52 bits per heavy atom. The summed E-state index contributed by atoms with van der Waals surface area (Å²) in [5.74, 6) is 0.134. The quantitative estimate of drug-likeness (QED) is 0.352. The van der Waals surface area contributed by atoms with Gasteiger partial charge in [-0.05, 0) is 31.2 Å². The Bertz CT molecular complexity index is 435. The highest BCUT2D eigenvalue weighted by Crippen LogP contribution is 2.30. The molecule has 0 aliphatic carbocycles. The van der Waals surface area contributed by atoms with Gasteiger partial charge in [0.15, 0.2) is 5.78 Å². The maximum absolute atomic E-state index is 12.4. The minimum atomic E-state index is -0.300. The minimum absolute atomic E-state index is 0.106. The van der Waals surface area contributed by atoms with E-state index in [9.17, 15) is 9.59 Å². The first-order valence-electron chi connectivity index (χ1n) is 7.71. The van der Waals surface area contributed by atoms with Gasteiger partial charge in [0.05, 0.1) is 11.5 Å². The fourth-order valence-corrected chi connectivity index (χ4v) is 3.12. The molecule has 4 heteroatoms. The summed E-state index contributed by atoms with van der Waals surface area (Å²) in [4.78, 5) is 24.4. The largest absolute Gasteiger partial charge is 0.466 e. The van der Waals surface area contributed by atoms with E-state index in [1.165, 1.54) is 11.3 Å². The summed E-state index contributed by atoms with van der Waals surface area (Å²) in [6.07, 6.45) is 5.36. The molecule has 21 heavy (non-hydrogen) atoms. The third kappa shape index (κ3) is 6.42. The van der Waals surface area contributed by atoms with Crippen molar-refractivity contribution in [2.24, 2.45) is 5.41 Å². The summed E-state index contributed by atoms with van der Waals surface area (Å²) < 4.78 is 4.89. The van der Waals surface area contributed by atoms with Crippen LogP contribution in [0.25, 0.3) is 0 Å². The number of thiophene rings is 1. The highest BCUT2D eigenvalue weighted by atomic mass is 32.1. The lowest BCUT2D eigenvalue weighted by Crippen LogP contribution is -2.23. The van der Waals surface area contributed by atoms with Crippen LogP contribution in [0.4, 0.5) is 0 Å². The summed E-state index contributed by atoms with van der Waals surface area (Å²) in [7, 11) is 0. The smallest absolute Gasteiger partial charge is 0.305 e. The molecule has 1 rings (SSSR count). The average molecular weight is 310 g/mol. The molecule has 1 aromatic heterocycles. The number of hydrogen-bond donors (Lipinski definition) is 0. The van der Waals surface area contributed by atoms with Gasteiger partial charge in [0.1, 0.15) is 0 Å². The van der Waals surface area contributed by atoms with Crippen molar-refractivity contribution in [1.29, 1.82) is 0 Å². The molecule has 0 aliphatic rings. The Balaban J connectivity index is 2.19. The van der Waals surface area contributed by atoms with Crippen molar-refractivity contribution in [3.05, 3.63) is 22.4 Å². The molecule has 0 aliphatic heterocycles. The van der Waals surface area contributed by atoms with Crippen LogP contribution in [0, 0.1) is 5.41 Å². The van der Waals surface area contributed by atoms with Crippen molar-refractivity contribution >= 4 is 23.1 Å². The van der Waals surface area contributed by atoms with E-state index >= 15 is 0 Å². The van der Waals surface area contributed by atoms with Gasteiger partial charge in [-0.1, -0.05) is 39.2 Å². The summed E-state index contributed by atoms with van der Waals surface area (Å²) in [5.41, 5.74) is -0.300. The van der Waals surface area contributed by atoms with Crippen LogP contribution >= 0.6 is 11.3 Å². The number of carbonyl (C=O) groups excluding carboxylic acids is 2. The Labute approximate surface area is 131 Å². The van der Waals surface area contributed by atoms with E-state index in [0.717, 1.165) is 37.0 Å². The fraction of sp³-hybridized carbons (Fsp3) is 0.647. The molecule has 0 N–H and O–H groups in total. The number of ether oxygens (including phenoxy) is 1. The van der Waals surface area contributed by atoms with Crippen LogP contribution in [0.5, 0.6) is 0 Å². The molecular weight excluding hydrogens is 284 g/mol. The van der Waals surface area contributed by atoms with Gasteiger partial charge in [0.25, 0.3) is 0 Å². The predicted molar refractivity (Wildman–Crippen MR) is 86.8 cm³/mol. The third-order valence-corrected chi connectivity index (χ3v) is 4.47. The van der Waals surface area contributed by atoms with Crippen molar-refractivity contribution in [1.82, 2.24) is 0 Å². The van der Waals surface area contributed by atoms with Crippen molar-refractivity contribution < 1.29 is 14.3 Å². The number of rotatable bonds is 10. The van der Waals surface area contributed by atoms with Crippen LogP contribution in [0.15, 0.2) is 17.5 Å². The van der Waals surface area contributed by atoms with Crippen molar-refractivity contribution in [3.8, 4) is 0 Å². The highest BCUT2D eigenvalue weighted by Gasteiger charge is 2.28. The first-order valence-corrected chi connectivity index (χ1v) is 8.59. The van der Waals surface area contributed by atoms with Gasteiger partial charge in [-0.3, -0.25) is 9.59 Å². The summed E-state index contributed by atoms with van der Waals surface area (Å²) in [6, 6.07) is 3.82. The molecule has 0 saturated heterocycles. The van der Waals surface area contributed by atoms with Gasteiger partial charge in [-0.2, -0.15) is 0 Å². The van der Waals surface area contributed by atoms with Crippen LogP contribution in [-0.4, -0.2) is 18.4 Å². The van der Waals surface area contributed by atoms with Crippen LogP contribution in [-0.2, 0) is 9.53 Å². The molecule has 118 valence electrons. The number of esters is 1. The zero-order chi connectivity index (χ0) is 15.7. The SMILES string of the molecule is CCOC(=O)CCCCCCC(C)(C)C(=O)c1cccs1. The number of carbonyl (C=O) groups is 2. The first kappa shape index (κ1) is 17.9. The standard InChI is InChI=1S/C17H26O3S/c1-4-20-15(18)11-7-5-6-8-12-17(2,3)16(19)14-10-9-13-21-14/h9-10,13H,4-8,11-12H2,1-3H3. The fourth-order valence-electron chi connectivity index (χ4n) is 2.28. The molecule has 0 spiro atoms. The van der Waals surface area contributed by atoms with Crippen molar-refractivity contribution in [2.45, 2.75) is 59.3 Å². The van der Waals surface area contributed by atoms with Gasteiger partial charge >= 0.3 is 5.97 Å². The molecule has 0 fully saturated rings. The predicted octanol–water partition coefficient (Wildman–Crippen LogP) is 4.86. The maximum atomic E-state index is 12.4. The normalized spacial score (nSPS) is 11.4. The van der Waals surface area contributed by atoms with E-state index in [-0.39, 0.29) is 17.2 Å². The Morgan fingerprint density at radius 2 is 1.90 bits per heavy atom. The topological polar surface area (TPSA) is 43.4 Å². The van der Waals surface area contributed by atoms with Gasteiger partial charge in [-0.15, -0.1) is 11.3 Å². The molecule has 3 nitrogen and oxygen atoms in total. The second kappa shape index (κ2) is 8.98. The molecule has 0 bridgehead atoms. The van der Waals surface area contributed by atoms with Crippen LogP contribution in [0.2, 0.25) is 0 Å². The van der Waals surface area contributed by atoms with E-state index in [1.54, 1.807) is 0 Å². The Hall–Kier alpha value is -1.16. The number of ketones is 1. The maximum Gasteiger partial charge on any atom is 0.305 e. The molecule has 0 aromatic carbocycles. The van der Waals surface area contributed by atoms with Gasteiger partial charge in [-0.25, -0.2) is 0 Å². The molecular formula is C17H26O3S. The van der Waals surface area contributed by atoms with E-state index in [0.29, 0.717) is 13.0 Å². The Morgan fingerprint density at radius 1 is 1.19 bits per heavy atom. The summed E-state index contributed by atoms with van der Waals surface area (Å²) >= 11 is 1.51. The van der Waals surface area contributed by atoms with E-state index < -0.39 is 0 Å². The zero-order valence-electron chi connectivity index (χ0n) is 13.3. The third-order valence-electron chi connectivity index (χ3n) is 3.60. The lowest BCUT2D eigenvalue weighted by molar-refractivity contribution is -0.143. The van der Waals surface area contributed by atoms with E-state index in [4.69, 9.17) is 4.74 Å². The lowest BCUT2D eigenvalue weighted by Gasteiger charge is -2.22. The molecule has 0 unspecified atom stereocenters. The molecule has 0 atom stereocenters. The van der Waals surface area contributed by atoms with Gasteiger partial charge in [0.2, 0.25) is 0 Å². The molecule has 0 amide bonds. The monoisotopic (exact) mass is 310 g/mol. The number of Topliss-reactive ketones (excluding diaryl/α,β-unsaturated/α-hetero) is 1. The van der Waals surface area contributed by atoms with Gasteiger partial charge < -0.3 is 4.74 Å². The first-order chi connectivity index (χ1) is 9.97. The second-order valence-corrected chi connectivity index (χ2v) is 6.86. The summed E-state index contributed by atoms with van der Waals surface area (Å²) in [5, 5.41) is 1.94. The minimum Gasteiger partial charge on any atom is -0.466 e.